The first kappa shape index (κ1) is 15.6. The Bertz CT molecular complexity index is 635. The van der Waals surface area contributed by atoms with E-state index < -0.39 is 5.38 Å². The van der Waals surface area contributed by atoms with E-state index in [1.165, 1.54) is 12.1 Å². The first-order valence-corrected chi connectivity index (χ1v) is 7.03. The zero-order chi connectivity index (χ0) is 15.6. The summed E-state index contributed by atoms with van der Waals surface area (Å²) in [4.78, 5) is 0. The smallest absolute Gasteiger partial charge is 0.161 e. The van der Waals surface area contributed by atoms with Gasteiger partial charge in [0.05, 0.1) is 19.6 Å². The summed E-state index contributed by atoms with van der Waals surface area (Å²) in [6, 6.07) is 8.54. The average Bonchev–Trinajstić information content (AvgIpc) is 2.45. The molecule has 112 valence electrons. The predicted octanol–water partition coefficient (Wildman–Crippen LogP) is 4.79. The summed E-state index contributed by atoms with van der Waals surface area (Å²) in [7, 11) is 3.16. The van der Waals surface area contributed by atoms with Crippen molar-refractivity contribution >= 4 is 11.6 Å². The van der Waals surface area contributed by atoms with Gasteiger partial charge in [-0.2, -0.15) is 0 Å². The fraction of sp³-hybridized carbons (Fsp3) is 0.294. The van der Waals surface area contributed by atoms with Gasteiger partial charge in [-0.1, -0.05) is 6.07 Å². The average molecular weight is 309 g/mol. The van der Waals surface area contributed by atoms with Crippen LogP contribution in [0.4, 0.5) is 4.39 Å². The van der Waals surface area contributed by atoms with Gasteiger partial charge in [-0.05, 0) is 60.4 Å². The minimum Gasteiger partial charge on any atom is -0.493 e. The van der Waals surface area contributed by atoms with Crippen molar-refractivity contribution in [1.29, 1.82) is 0 Å². The van der Waals surface area contributed by atoms with Crippen molar-refractivity contribution in [3.05, 3.63) is 58.4 Å². The highest BCUT2D eigenvalue weighted by atomic mass is 35.5. The van der Waals surface area contributed by atoms with Crippen molar-refractivity contribution in [3.63, 3.8) is 0 Å². The fourth-order valence-electron chi connectivity index (χ4n) is 2.36. The number of benzene rings is 2. The normalized spacial score (nSPS) is 12.1. The van der Waals surface area contributed by atoms with Gasteiger partial charge in [-0.15, -0.1) is 11.6 Å². The Morgan fingerprint density at radius 2 is 1.57 bits per heavy atom. The largest absolute Gasteiger partial charge is 0.493 e. The Balaban J connectivity index is 2.49. The molecule has 0 spiro atoms. The monoisotopic (exact) mass is 308 g/mol. The summed E-state index contributed by atoms with van der Waals surface area (Å²) in [6.07, 6.45) is 0. The highest BCUT2D eigenvalue weighted by molar-refractivity contribution is 6.22. The molecule has 2 aromatic rings. The molecule has 0 heterocycles. The van der Waals surface area contributed by atoms with Crippen LogP contribution in [-0.2, 0) is 0 Å². The molecule has 0 bridgehead atoms. The van der Waals surface area contributed by atoms with E-state index in [9.17, 15) is 4.39 Å². The minimum absolute atomic E-state index is 0.284. The number of hydrogen-bond donors (Lipinski definition) is 0. The maximum atomic E-state index is 13.6. The van der Waals surface area contributed by atoms with Gasteiger partial charge < -0.3 is 9.47 Å². The summed E-state index contributed by atoms with van der Waals surface area (Å²) in [5.74, 6) is 0.976. The molecule has 0 N–H and O–H groups in total. The summed E-state index contributed by atoms with van der Waals surface area (Å²) in [5.41, 5.74) is 3.41. The maximum Gasteiger partial charge on any atom is 0.161 e. The van der Waals surface area contributed by atoms with Gasteiger partial charge in [-0.25, -0.2) is 4.39 Å². The predicted molar refractivity (Wildman–Crippen MR) is 83.1 cm³/mol. The van der Waals surface area contributed by atoms with Crippen LogP contribution in [0.2, 0.25) is 0 Å². The lowest BCUT2D eigenvalue weighted by Gasteiger charge is -2.17. The lowest BCUT2D eigenvalue weighted by atomic mass is 9.98. The first-order valence-electron chi connectivity index (χ1n) is 6.60. The van der Waals surface area contributed by atoms with E-state index in [4.69, 9.17) is 21.1 Å². The van der Waals surface area contributed by atoms with Crippen molar-refractivity contribution in [2.45, 2.75) is 19.2 Å². The molecule has 0 saturated carbocycles. The van der Waals surface area contributed by atoms with Gasteiger partial charge in [0.25, 0.3) is 0 Å². The van der Waals surface area contributed by atoms with Gasteiger partial charge in [0.1, 0.15) is 5.82 Å². The Labute approximate surface area is 129 Å². The summed E-state index contributed by atoms with van der Waals surface area (Å²) >= 11 is 6.54. The summed E-state index contributed by atoms with van der Waals surface area (Å²) in [6.45, 7) is 3.79. The summed E-state index contributed by atoms with van der Waals surface area (Å²) < 4.78 is 24.1. The number of methoxy groups -OCH3 is 2. The van der Waals surface area contributed by atoms with Crippen LogP contribution in [0.25, 0.3) is 0 Å². The Morgan fingerprint density at radius 1 is 0.952 bits per heavy atom. The Kier molecular flexibility index (Phi) is 4.73. The van der Waals surface area contributed by atoms with Crippen LogP contribution in [0.5, 0.6) is 11.5 Å². The van der Waals surface area contributed by atoms with Crippen LogP contribution in [0.1, 0.15) is 27.6 Å². The van der Waals surface area contributed by atoms with Gasteiger partial charge in [0.15, 0.2) is 11.5 Å². The van der Waals surface area contributed by atoms with Gasteiger partial charge >= 0.3 is 0 Å². The van der Waals surface area contributed by atoms with Gasteiger partial charge in [0, 0.05) is 0 Å². The van der Waals surface area contributed by atoms with Crippen LogP contribution >= 0.6 is 11.6 Å². The molecular weight excluding hydrogens is 291 g/mol. The maximum absolute atomic E-state index is 13.6. The topological polar surface area (TPSA) is 18.5 Å². The molecule has 1 atom stereocenters. The molecule has 0 aromatic heterocycles. The molecule has 0 amide bonds. The van der Waals surface area contributed by atoms with E-state index in [1.807, 2.05) is 32.0 Å². The standard InChI is InChI=1S/C17H18ClFO2/c1-10-5-12(8-13(19)6-10)17(18)14-9-16(21-4)15(20-3)7-11(14)2/h5-9,17H,1-4H3. The molecule has 0 fully saturated rings. The molecule has 2 nitrogen and oxygen atoms in total. The quantitative estimate of drug-likeness (QED) is 0.756. The lowest BCUT2D eigenvalue weighted by molar-refractivity contribution is 0.354. The van der Waals surface area contributed by atoms with Crippen molar-refractivity contribution < 1.29 is 13.9 Å². The third kappa shape index (κ3) is 3.30. The number of ether oxygens (including phenoxy) is 2. The van der Waals surface area contributed by atoms with Crippen LogP contribution in [0.3, 0.4) is 0 Å². The Hall–Kier alpha value is -1.74. The van der Waals surface area contributed by atoms with Gasteiger partial charge in [0.2, 0.25) is 0 Å². The molecule has 21 heavy (non-hydrogen) atoms. The Morgan fingerprint density at radius 3 is 2.14 bits per heavy atom. The van der Waals surface area contributed by atoms with Crippen molar-refractivity contribution in [1.82, 2.24) is 0 Å². The highest BCUT2D eigenvalue weighted by Crippen LogP contribution is 2.38. The van der Waals surface area contributed by atoms with Crippen LogP contribution in [-0.4, -0.2) is 14.2 Å². The van der Waals surface area contributed by atoms with Crippen LogP contribution in [0, 0.1) is 19.7 Å². The highest BCUT2D eigenvalue weighted by Gasteiger charge is 2.18. The van der Waals surface area contributed by atoms with E-state index in [2.05, 4.69) is 0 Å². The lowest BCUT2D eigenvalue weighted by Crippen LogP contribution is -2.00. The number of halogens is 2. The summed E-state index contributed by atoms with van der Waals surface area (Å²) in [5, 5.41) is -0.445. The fourth-order valence-corrected chi connectivity index (χ4v) is 2.72. The third-order valence-corrected chi connectivity index (χ3v) is 3.89. The van der Waals surface area contributed by atoms with Crippen LogP contribution < -0.4 is 9.47 Å². The zero-order valence-electron chi connectivity index (χ0n) is 12.5. The molecule has 0 radical (unpaired) electrons. The molecule has 2 aromatic carbocycles. The molecule has 0 aliphatic carbocycles. The first-order chi connectivity index (χ1) is 9.96. The molecule has 0 aliphatic rings. The van der Waals surface area contributed by atoms with E-state index in [1.54, 1.807) is 14.2 Å². The number of alkyl halides is 1. The van der Waals surface area contributed by atoms with E-state index >= 15 is 0 Å². The number of hydrogen-bond acceptors (Lipinski definition) is 2. The SMILES string of the molecule is COc1cc(C)c(C(Cl)c2cc(C)cc(F)c2)cc1OC. The van der Waals surface area contributed by atoms with Gasteiger partial charge in [-0.3, -0.25) is 0 Å². The van der Waals surface area contributed by atoms with E-state index in [-0.39, 0.29) is 5.82 Å². The van der Waals surface area contributed by atoms with Crippen LogP contribution in [0.15, 0.2) is 30.3 Å². The molecular formula is C17H18ClFO2. The molecule has 4 heteroatoms. The van der Waals surface area contributed by atoms with Crippen molar-refractivity contribution in [3.8, 4) is 11.5 Å². The molecule has 1 unspecified atom stereocenters. The molecule has 0 saturated heterocycles. The third-order valence-electron chi connectivity index (χ3n) is 3.40. The minimum atomic E-state index is -0.445. The molecule has 0 aliphatic heterocycles. The second-order valence-electron chi connectivity index (χ2n) is 4.99. The van der Waals surface area contributed by atoms with E-state index in [0.29, 0.717) is 11.5 Å². The zero-order valence-corrected chi connectivity index (χ0v) is 13.3. The second-order valence-corrected chi connectivity index (χ2v) is 5.42. The van der Waals surface area contributed by atoms with Crippen molar-refractivity contribution in [2.24, 2.45) is 0 Å². The number of rotatable bonds is 4. The van der Waals surface area contributed by atoms with E-state index in [0.717, 1.165) is 22.3 Å². The van der Waals surface area contributed by atoms with Crippen molar-refractivity contribution in [2.75, 3.05) is 14.2 Å². The second kappa shape index (κ2) is 6.35. The molecule has 2 rings (SSSR count). The number of aryl methyl sites for hydroxylation is 2.